The molecule has 6 nitrogen and oxygen atoms in total. The van der Waals surface area contributed by atoms with E-state index in [9.17, 15) is 14.7 Å². The maximum atomic E-state index is 11.8. The van der Waals surface area contributed by atoms with E-state index in [-0.39, 0.29) is 13.0 Å². The molecule has 1 unspecified atom stereocenters. The van der Waals surface area contributed by atoms with Crippen molar-refractivity contribution in [2.24, 2.45) is 0 Å². The van der Waals surface area contributed by atoms with Crippen LogP contribution in [0, 0.1) is 0 Å². The lowest BCUT2D eigenvalue weighted by Gasteiger charge is -2.11. The number of anilines is 1. The lowest BCUT2D eigenvalue weighted by atomic mass is 10.1. The third-order valence-corrected chi connectivity index (χ3v) is 3.31. The molecule has 0 saturated heterocycles. The van der Waals surface area contributed by atoms with Gasteiger partial charge in [-0.3, -0.25) is 5.32 Å². The number of aliphatic hydroxyl groups is 1. The normalized spacial score (nSPS) is 11.4. The van der Waals surface area contributed by atoms with E-state index in [4.69, 9.17) is 4.74 Å². The van der Waals surface area contributed by atoms with Gasteiger partial charge in [0.2, 0.25) is 0 Å². The number of aliphatic hydroxyl groups excluding tert-OH is 1. The van der Waals surface area contributed by atoms with E-state index in [1.54, 1.807) is 24.3 Å². The van der Waals surface area contributed by atoms with E-state index in [2.05, 4.69) is 10.1 Å². The highest BCUT2D eigenvalue weighted by Gasteiger charge is 2.17. The number of rotatable bonds is 6. The van der Waals surface area contributed by atoms with Crippen molar-refractivity contribution in [3.63, 3.8) is 0 Å². The molecular formula is C18H19NO5. The van der Waals surface area contributed by atoms with Crippen LogP contribution >= 0.6 is 0 Å². The molecule has 1 amide bonds. The minimum atomic E-state index is -1.24. The first-order valence-electron chi connectivity index (χ1n) is 7.41. The molecule has 0 aliphatic rings. The Bertz CT molecular complexity index is 670. The highest BCUT2D eigenvalue weighted by molar-refractivity contribution is 5.84. The van der Waals surface area contributed by atoms with Crippen molar-refractivity contribution in [1.29, 1.82) is 0 Å². The van der Waals surface area contributed by atoms with Crippen LogP contribution in [0.15, 0.2) is 54.6 Å². The molecule has 0 aliphatic carbocycles. The Morgan fingerprint density at radius 2 is 1.71 bits per heavy atom. The zero-order valence-electron chi connectivity index (χ0n) is 13.3. The minimum absolute atomic E-state index is 0.124. The summed E-state index contributed by atoms with van der Waals surface area (Å²) in [4.78, 5) is 22.9. The first-order chi connectivity index (χ1) is 11.6. The summed E-state index contributed by atoms with van der Waals surface area (Å²) in [5.74, 6) is -0.671. The fourth-order valence-corrected chi connectivity index (χ4v) is 2.02. The fraction of sp³-hybridized carbons (Fsp3) is 0.222. The van der Waals surface area contributed by atoms with E-state index in [0.717, 1.165) is 11.1 Å². The summed E-state index contributed by atoms with van der Waals surface area (Å²) >= 11 is 0. The van der Waals surface area contributed by atoms with Gasteiger partial charge in [0.25, 0.3) is 0 Å². The molecule has 2 N–H and O–H groups in total. The molecule has 0 heterocycles. The smallest absolute Gasteiger partial charge is 0.411 e. The monoisotopic (exact) mass is 329 g/mol. The molecule has 6 heteroatoms. The molecule has 0 bridgehead atoms. The zero-order valence-corrected chi connectivity index (χ0v) is 13.3. The number of amides is 1. The Morgan fingerprint density at radius 3 is 2.33 bits per heavy atom. The van der Waals surface area contributed by atoms with Crippen LogP contribution < -0.4 is 5.32 Å². The number of hydrogen-bond acceptors (Lipinski definition) is 5. The van der Waals surface area contributed by atoms with E-state index in [0.29, 0.717) is 5.69 Å². The second kappa shape index (κ2) is 8.69. The molecule has 24 heavy (non-hydrogen) atoms. The Labute approximate surface area is 140 Å². The number of carbonyl (C=O) groups is 2. The minimum Gasteiger partial charge on any atom is -0.459 e. The van der Waals surface area contributed by atoms with Gasteiger partial charge in [0, 0.05) is 12.1 Å². The highest BCUT2D eigenvalue weighted by atomic mass is 16.5. The van der Waals surface area contributed by atoms with Gasteiger partial charge in [0.15, 0.2) is 6.10 Å². The van der Waals surface area contributed by atoms with Gasteiger partial charge in [-0.15, -0.1) is 0 Å². The molecule has 0 aliphatic heterocycles. The van der Waals surface area contributed by atoms with Gasteiger partial charge in [-0.2, -0.15) is 0 Å². The summed E-state index contributed by atoms with van der Waals surface area (Å²) < 4.78 is 9.58. The quantitative estimate of drug-likeness (QED) is 0.796. The van der Waals surface area contributed by atoms with Crippen LogP contribution in [0.4, 0.5) is 10.5 Å². The van der Waals surface area contributed by atoms with Crippen LogP contribution in [0.2, 0.25) is 0 Å². The fourth-order valence-electron chi connectivity index (χ4n) is 2.02. The maximum Gasteiger partial charge on any atom is 0.411 e. The number of carbonyl (C=O) groups excluding carboxylic acids is 2. The zero-order chi connectivity index (χ0) is 17.4. The number of benzene rings is 2. The van der Waals surface area contributed by atoms with Gasteiger partial charge in [-0.25, -0.2) is 9.59 Å². The third kappa shape index (κ3) is 5.40. The van der Waals surface area contributed by atoms with Gasteiger partial charge in [-0.05, 0) is 23.3 Å². The summed E-state index contributed by atoms with van der Waals surface area (Å²) in [7, 11) is 1.28. The van der Waals surface area contributed by atoms with E-state index < -0.39 is 18.2 Å². The number of ether oxygens (including phenoxy) is 2. The molecular weight excluding hydrogens is 310 g/mol. The second-order valence-corrected chi connectivity index (χ2v) is 5.13. The molecule has 0 saturated carbocycles. The molecule has 2 aromatic rings. The molecule has 126 valence electrons. The molecule has 1 atom stereocenters. The predicted octanol–water partition coefficient (Wildman–Crippen LogP) is 2.51. The maximum absolute atomic E-state index is 11.8. The molecule has 0 fully saturated rings. The molecule has 0 aromatic heterocycles. The SMILES string of the molecule is COC(=O)Nc1ccc(CC(O)C(=O)OCc2ccccc2)cc1. The van der Waals surface area contributed by atoms with E-state index in [1.807, 2.05) is 30.3 Å². The van der Waals surface area contributed by atoms with Crippen LogP contribution in [0.3, 0.4) is 0 Å². The van der Waals surface area contributed by atoms with E-state index >= 15 is 0 Å². The molecule has 0 radical (unpaired) electrons. The van der Waals surface area contributed by atoms with Crippen molar-refractivity contribution in [2.75, 3.05) is 12.4 Å². The third-order valence-electron chi connectivity index (χ3n) is 3.31. The Balaban J connectivity index is 1.83. The van der Waals surface area contributed by atoms with Crippen LogP contribution in [-0.4, -0.2) is 30.4 Å². The topological polar surface area (TPSA) is 84.9 Å². The van der Waals surface area contributed by atoms with Gasteiger partial charge in [-0.1, -0.05) is 42.5 Å². The Hall–Kier alpha value is -2.86. The standard InChI is InChI=1S/C18H19NO5/c1-23-18(22)19-15-9-7-13(8-10-15)11-16(20)17(21)24-12-14-5-3-2-4-6-14/h2-10,16,20H,11-12H2,1H3,(H,19,22). The van der Waals surface area contributed by atoms with E-state index in [1.165, 1.54) is 7.11 Å². The van der Waals surface area contributed by atoms with Gasteiger partial charge in [0.05, 0.1) is 7.11 Å². The second-order valence-electron chi connectivity index (χ2n) is 5.13. The summed E-state index contributed by atoms with van der Waals surface area (Å²) in [5, 5.41) is 12.5. The number of hydrogen-bond donors (Lipinski definition) is 2. The Morgan fingerprint density at radius 1 is 1.04 bits per heavy atom. The molecule has 2 rings (SSSR count). The molecule has 2 aromatic carbocycles. The first kappa shape index (κ1) is 17.5. The van der Waals surface area contributed by atoms with Crippen molar-refractivity contribution < 1.29 is 24.2 Å². The van der Waals surface area contributed by atoms with Crippen molar-refractivity contribution in [3.8, 4) is 0 Å². The number of methoxy groups -OCH3 is 1. The lowest BCUT2D eigenvalue weighted by molar-refractivity contribution is -0.154. The van der Waals surface area contributed by atoms with Crippen molar-refractivity contribution in [2.45, 2.75) is 19.1 Å². The van der Waals surface area contributed by atoms with Gasteiger partial charge in [0.1, 0.15) is 6.61 Å². The highest BCUT2D eigenvalue weighted by Crippen LogP contribution is 2.12. The number of nitrogens with one attached hydrogen (secondary N) is 1. The Kier molecular flexibility index (Phi) is 6.33. The number of esters is 1. The van der Waals surface area contributed by atoms with Crippen molar-refractivity contribution >= 4 is 17.7 Å². The van der Waals surface area contributed by atoms with Crippen LogP contribution in [0.25, 0.3) is 0 Å². The van der Waals surface area contributed by atoms with Crippen LogP contribution in [0.1, 0.15) is 11.1 Å². The van der Waals surface area contributed by atoms with Crippen LogP contribution in [0.5, 0.6) is 0 Å². The van der Waals surface area contributed by atoms with Crippen molar-refractivity contribution in [1.82, 2.24) is 0 Å². The lowest BCUT2D eigenvalue weighted by Crippen LogP contribution is -2.25. The predicted molar refractivity (Wildman–Crippen MR) is 88.4 cm³/mol. The van der Waals surface area contributed by atoms with Gasteiger partial charge >= 0.3 is 12.1 Å². The summed E-state index contributed by atoms with van der Waals surface area (Å²) in [6, 6.07) is 16.0. The summed E-state index contributed by atoms with van der Waals surface area (Å²) in [6.45, 7) is 0.124. The average Bonchev–Trinajstić information content (AvgIpc) is 2.62. The van der Waals surface area contributed by atoms with Crippen molar-refractivity contribution in [3.05, 3.63) is 65.7 Å². The summed E-state index contributed by atoms with van der Waals surface area (Å²) in [5.41, 5.74) is 2.16. The van der Waals surface area contributed by atoms with Crippen LogP contribution in [-0.2, 0) is 27.3 Å². The first-order valence-corrected chi connectivity index (χ1v) is 7.41. The van der Waals surface area contributed by atoms with Gasteiger partial charge < -0.3 is 14.6 Å². The average molecular weight is 329 g/mol. The molecule has 0 spiro atoms. The largest absolute Gasteiger partial charge is 0.459 e. The summed E-state index contributed by atoms with van der Waals surface area (Å²) in [6.07, 6.45) is -1.67.